The molecule has 114 valence electrons. The van der Waals surface area contributed by atoms with Gasteiger partial charge in [0.2, 0.25) is 0 Å². The fourth-order valence-corrected chi connectivity index (χ4v) is 4.48. The summed E-state index contributed by atoms with van der Waals surface area (Å²) in [4.78, 5) is 4.36. The Kier molecular flexibility index (Phi) is 3.80. The van der Waals surface area contributed by atoms with Crippen LogP contribution in [0.2, 0.25) is 5.02 Å². The van der Waals surface area contributed by atoms with Crippen molar-refractivity contribution in [3.8, 4) is 10.6 Å². The molecule has 0 saturated carbocycles. The first-order chi connectivity index (χ1) is 11.2. The van der Waals surface area contributed by atoms with E-state index in [4.69, 9.17) is 11.6 Å². The van der Waals surface area contributed by atoms with Crippen LogP contribution in [0.4, 0.5) is 4.39 Å². The summed E-state index contributed by atoms with van der Waals surface area (Å²) in [6, 6.07) is 12.5. The van der Waals surface area contributed by atoms with Crippen molar-refractivity contribution in [1.29, 1.82) is 0 Å². The largest absolute Gasteiger partial charge is 0.238 e. The van der Waals surface area contributed by atoms with Crippen LogP contribution in [0.15, 0.2) is 42.5 Å². The Morgan fingerprint density at radius 1 is 0.957 bits per heavy atom. The maximum Gasteiger partial charge on any atom is 0.150 e. The molecular weight excluding hydrogens is 353 g/mol. The number of rotatable bonds is 3. The van der Waals surface area contributed by atoms with E-state index in [1.807, 2.05) is 30.3 Å². The van der Waals surface area contributed by atoms with E-state index in [9.17, 15) is 4.39 Å². The van der Waals surface area contributed by atoms with E-state index in [0.717, 1.165) is 25.3 Å². The van der Waals surface area contributed by atoms with Gasteiger partial charge < -0.3 is 0 Å². The zero-order valence-electron chi connectivity index (χ0n) is 11.7. The molecule has 0 unspecified atom stereocenters. The molecule has 0 N–H and O–H groups in total. The molecule has 0 aliphatic carbocycles. The van der Waals surface area contributed by atoms with Gasteiger partial charge in [-0.2, -0.15) is 0 Å². The summed E-state index contributed by atoms with van der Waals surface area (Å²) in [6.07, 6.45) is 0.543. The Hall–Kier alpha value is -1.89. The minimum atomic E-state index is -0.293. The van der Waals surface area contributed by atoms with Gasteiger partial charge in [-0.1, -0.05) is 47.2 Å². The predicted octanol–water partition coefficient (Wildman–Crippen LogP) is 5.20. The van der Waals surface area contributed by atoms with E-state index in [1.54, 1.807) is 6.07 Å². The van der Waals surface area contributed by atoms with E-state index in [2.05, 4.69) is 15.2 Å². The van der Waals surface area contributed by atoms with Crippen LogP contribution in [0.5, 0.6) is 0 Å². The molecule has 0 amide bonds. The zero-order chi connectivity index (χ0) is 15.8. The lowest BCUT2D eigenvalue weighted by atomic mass is 10.2. The normalized spacial score (nSPS) is 11.2. The smallest absolute Gasteiger partial charge is 0.150 e. The number of thiazole rings is 1. The van der Waals surface area contributed by atoms with Crippen molar-refractivity contribution < 1.29 is 4.39 Å². The molecule has 0 spiro atoms. The standard InChI is InChI=1S/C16H9ClFN3S2/c17-10-5-2-1-4-9(10)16-21-20-14(23-16)8-13-19-15-11(18)6-3-7-12(15)22-13/h1-7H,8H2. The van der Waals surface area contributed by atoms with E-state index in [1.165, 1.54) is 28.7 Å². The summed E-state index contributed by atoms with van der Waals surface area (Å²) >= 11 is 9.14. The van der Waals surface area contributed by atoms with Gasteiger partial charge in [-0.3, -0.25) is 0 Å². The van der Waals surface area contributed by atoms with Crippen LogP contribution in [-0.4, -0.2) is 15.2 Å². The van der Waals surface area contributed by atoms with Crippen LogP contribution in [0.25, 0.3) is 20.8 Å². The second-order valence-corrected chi connectivity index (χ2v) is 7.44. The lowest BCUT2D eigenvalue weighted by molar-refractivity contribution is 0.637. The third-order valence-corrected chi connectivity index (χ3v) is 5.59. The highest BCUT2D eigenvalue weighted by Crippen LogP contribution is 2.31. The van der Waals surface area contributed by atoms with E-state index in [0.29, 0.717) is 17.0 Å². The number of aromatic nitrogens is 3. The van der Waals surface area contributed by atoms with Crippen molar-refractivity contribution in [3.05, 3.63) is 63.3 Å². The number of benzene rings is 2. The Balaban J connectivity index is 1.64. The molecule has 0 radical (unpaired) electrons. The molecule has 0 atom stereocenters. The highest BCUT2D eigenvalue weighted by atomic mass is 35.5. The fraction of sp³-hybridized carbons (Fsp3) is 0.0625. The lowest BCUT2D eigenvalue weighted by Gasteiger charge is -1.96. The number of para-hydroxylation sites is 1. The van der Waals surface area contributed by atoms with Crippen molar-refractivity contribution in [2.24, 2.45) is 0 Å². The Morgan fingerprint density at radius 2 is 1.83 bits per heavy atom. The first-order valence-corrected chi connectivity index (χ1v) is 8.83. The summed E-state index contributed by atoms with van der Waals surface area (Å²) < 4.78 is 14.6. The van der Waals surface area contributed by atoms with Crippen LogP contribution in [0.1, 0.15) is 10.0 Å². The van der Waals surface area contributed by atoms with Crippen LogP contribution in [0, 0.1) is 5.82 Å². The van der Waals surface area contributed by atoms with E-state index < -0.39 is 0 Å². The molecule has 3 nitrogen and oxygen atoms in total. The van der Waals surface area contributed by atoms with Crippen molar-refractivity contribution in [2.45, 2.75) is 6.42 Å². The molecular formula is C16H9ClFN3S2. The van der Waals surface area contributed by atoms with Gasteiger partial charge in [0.1, 0.15) is 26.4 Å². The number of fused-ring (bicyclic) bond motifs is 1. The van der Waals surface area contributed by atoms with E-state index in [-0.39, 0.29) is 5.82 Å². The molecule has 0 aliphatic rings. The highest BCUT2D eigenvalue weighted by molar-refractivity contribution is 7.19. The second-order valence-electron chi connectivity index (χ2n) is 4.85. The van der Waals surface area contributed by atoms with Gasteiger partial charge >= 0.3 is 0 Å². The molecule has 2 aromatic heterocycles. The lowest BCUT2D eigenvalue weighted by Crippen LogP contribution is -1.86. The summed E-state index contributed by atoms with van der Waals surface area (Å²) in [7, 11) is 0. The molecule has 2 aromatic carbocycles. The Morgan fingerprint density at radius 3 is 2.65 bits per heavy atom. The topological polar surface area (TPSA) is 38.7 Å². The molecule has 0 saturated heterocycles. The quantitative estimate of drug-likeness (QED) is 0.503. The number of hydrogen-bond acceptors (Lipinski definition) is 5. The maximum absolute atomic E-state index is 13.7. The minimum Gasteiger partial charge on any atom is -0.238 e. The van der Waals surface area contributed by atoms with Crippen molar-refractivity contribution >= 4 is 44.5 Å². The van der Waals surface area contributed by atoms with Gasteiger partial charge in [0.15, 0.2) is 0 Å². The van der Waals surface area contributed by atoms with Gasteiger partial charge in [0.05, 0.1) is 16.1 Å². The van der Waals surface area contributed by atoms with Gasteiger partial charge in [-0.05, 0) is 18.2 Å². The van der Waals surface area contributed by atoms with Gasteiger partial charge in [0, 0.05) is 5.56 Å². The third kappa shape index (κ3) is 2.85. The molecule has 23 heavy (non-hydrogen) atoms. The number of halogens is 2. The first kappa shape index (κ1) is 14.7. The molecule has 4 rings (SSSR count). The summed E-state index contributed by atoms with van der Waals surface area (Å²) in [6.45, 7) is 0. The molecule has 0 bridgehead atoms. The zero-order valence-corrected chi connectivity index (χ0v) is 14.1. The van der Waals surface area contributed by atoms with Gasteiger partial charge in [-0.15, -0.1) is 21.5 Å². The van der Waals surface area contributed by atoms with Crippen LogP contribution in [-0.2, 0) is 6.42 Å². The first-order valence-electron chi connectivity index (χ1n) is 6.82. The maximum atomic E-state index is 13.7. The Bertz CT molecular complexity index is 996. The van der Waals surface area contributed by atoms with Gasteiger partial charge in [-0.25, -0.2) is 9.37 Å². The average Bonchev–Trinajstić information content (AvgIpc) is 3.16. The monoisotopic (exact) mass is 361 g/mol. The number of hydrogen-bond donors (Lipinski definition) is 0. The minimum absolute atomic E-state index is 0.293. The van der Waals surface area contributed by atoms with Crippen molar-refractivity contribution in [1.82, 2.24) is 15.2 Å². The van der Waals surface area contributed by atoms with Crippen molar-refractivity contribution in [2.75, 3.05) is 0 Å². The number of nitrogens with zero attached hydrogens (tertiary/aromatic N) is 3. The highest BCUT2D eigenvalue weighted by Gasteiger charge is 2.13. The second kappa shape index (κ2) is 5.96. The molecule has 4 aromatic rings. The van der Waals surface area contributed by atoms with Crippen molar-refractivity contribution in [3.63, 3.8) is 0 Å². The molecule has 0 aliphatic heterocycles. The van der Waals surface area contributed by atoms with Crippen LogP contribution < -0.4 is 0 Å². The summed E-state index contributed by atoms with van der Waals surface area (Å²) in [5, 5.41) is 11.5. The molecule has 2 heterocycles. The third-order valence-electron chi connectivity index (χ3n) is 3.29. The SMILES string of the molecule is Fc1cccc2sc(Cc3nnc(-c4ccccc4Cl)s3)nc12. The average molecular weight is 362 g/mol. The van der Waals surface area contributed by atoms with Crippen LogP contribution >= 0.6 is 34.3 Å². The van der Waals surface area contributed by atoms with Crippen LogP contribution in [0.3, 0.4) is 0 Å². The fourth-order valence-electron chi connectivity index (χ4n) is 2.23. The summed E-state index contributed by atoms with van der Waals surface area (Å²) in [5.41, 5.74) is 1.29. The predicted molar refractivity (Wildman–Crippen MR) is 92.7 cm³/mol. The van der Waals surface area contributed by atoms with Gasteiger partial charge in [0.25, 0.3) is 0 Å². The Labute approximate surface area is 144 Å². The molecule has 0 fully saturated rings. The molecule has 7 heteroatoms. The summed E-state index contributed by atoms with van der Waals surface area (Å²) in [5.74, 6) is -0.293. The van der Waals surface area contributed by atoms with E-state index >= 15 is 0 Å².